The van der Waals surface area contributed by atoms with E-state index in [-0.39, 0.29) is 23.8 Å². The van der Waals surface area contributed by atoms with Gasteiger partial charge in [-0.2, -0.15) is 0 Å². The minimum absolute atomic E-state index is 0.0337. The average Bonchev–Trinajstić information content (AvgIpc) is 3.47. The highest BCUT2D eigenvalue weighted by Crippen LogP contribution is 2.45. The lowest BCUT2D eigenvalue weighted by Crippen LogP contribution is -2.41. The van der Waals surface area contributed by atoms with Crippen molar-refractivity contribution < 1.29 is 14.3 Å². The lowest BCUT2D eigenvalue weighted by atomic mass is 9.88. The second-order valence-corrected chi connectivity index (χ2v) is 9.59. The minimum Gasteiger partial charge on any atom is -0.490 e. The summed E-state index contributed by atoms with van der Waals surface area (Å²) in [6.07, 6.45) is 6.75. The van der Waals surface area contributed by atoms with Crippen LogP contribution in [0.2, 0.25) is 0 Å². The Labute approximate surface area is 189 Å². The number of carbonyl (C=O) groups is 1. The number of ether oxygens (including phenoxy) is 2. The van der Waals surface area contributed by atoms with Crippen molar-refractivity contribution in [2.75, 3.05) is 18.5 Å². The average molecular weight is 449 g/mol. The van der Waals surface area contributed by atoms with Gasteiger partial charge in [-0.3, -0.25) is 4.79 Å². The number of hydrogen-bond donors (Lipinski definition) is 2. The molecule has 1 aliphatic heterocycles. The molecule has 0 spiro atoms. The predicted octanol–water partition coefficient (Wildman–Crippen LogP) is 3.53. The highest BCUT2D eigenvalue weighted by Gasteiger charge is 2.47. The maximum absolute atomic E-state index is 12.2. The van der Waals surface area contributed by atoms with E-state index >= 15 is 0 Å². The maximum atomic E-state index is 12.2. The number of primary amides is 1. The van der Waals surface area contributed by atoms with Gasteiger partial charge in [-0.05, 0) is 47.4 Å². The summed E-state index contributed by atoms with van der Waals surface area (Å²) in [5.74, 6) is 3.12. The van der Waals surface area contributed by atoms with Crippen molar-refractivity contribution in [2.24, 2.45) is 23.5 Å². The molecule has 8 heteroatoms. The van der Waals surface area contributed by atoms with Crippen molar-refractivity contribution in [1.82, 2.24) is 9.97 Å². The molecule has 32 heavy (non-hydrogen) atoms. The summed E-state index contributed by atoms with van der Waals surface area (Å²) in [6, 6.07) is 7.98. The van der Waals surface area contributed by atoms with E-state index in [1.807, 2.05) is 29.6 Å². The molecule has 2 bridgehead atoms. The molecule has 1 aromatic carbocycles. The van der Waals surface area contributed by atoms with Gasteiger partial charge in [0.25, 0.3) is 0 Å². The van der Waals surface area contributed by atoms with Crippen LogP contribution < -0.4 is 20.5 Å². The van der Waals surface area contributed by atoms with Crippen molar-refractivity contribution in [2.45, 2.75) is 25.3 Å². The topological polar surface area (TPSA) is 99.4 Å². The molecule has 3 heterocycles. The highest BCUT2D eigenvalue weighted by atomic mass is 32.1. The number of allylic oxidation sites excluding steroid dienone is 1. The Morgan fingerprint density at radius 2 is 1.97 bits per heavy atom. The molecule has 1 fully saturated rings. The monoisotopic (exact) mass is 448 g/mol. The lowest BCUT2D eigenvalue weighted by Gasteiger charge is -2.27. The molecule has 3 aromatic rings. The molecular weight excluding hydrogens is 424 g/mol. The Bertz CT molecular complexity index is 1220. The molecule has 2 aromatic heterocycles. The van der Waals surface area contributed by atoms with E-state index < -0.39 is 0 Å². The molecule has 1 amide bonds. The molecule has 2 aliphatic carbocycles. The number of thiophene rings is 1. The van der Waals surface area contributed by atoms with Gasteiger partial charge in [-0.1, -0.05) is 18.2 Å². The van der Waals surface area contributed by atoms with Gasteiger partial charge in [0.15, 0.2) is 11.5 Å². The number of anilines is 1. The van der Waals surface area contributed by atoms with Gasteiger partial charge in [0.1, 0.15) is 11.6 Å². The quantitative estimate of drug-likeness (QED) is 0.580. The second kappa shape index (κ2) is 7.78. The van der Waals surface area contributed by atoms with E-state index in [4.69, 9.17) is 25.2 Å². The lowest BCUT2D eigenvalue weighted by molar-refractivity contribution is -0.122. The smallest absolute Gasteiger partial charge is 0.223 e. The number of rotatable bonds is 5. The van der Waals surface area contributed by atoms with Crippen LogP contribution in [-0.2, 0) is 11.2 Å². The second-order valence-electron chi connectivity index (χ2n) is 8.68. The number of benzene rings is 1. The number of carbonyl (C=O) groups excluding carboxylic acids is 1. The first-order valence-corrected chi connectivity index (χ1v) is 11.9. The van der Waals surface area contributed by atoms with E-state index in [0.29, 0.717) is 25.6 Å². The summed E-state index contributed by atoms with van der Waals surface area (Å²) < 4.78 is 12.6. The van der Waals surface area contributed by atoms with E-state index in [1.54, 1.807) is 11.3 Å². The van der Waals surface area contributed by atoms with E-state index in [1.165, 1.54) is 0 Å². The zero-order chi connectivity index (χ0) is 21.7. The SMILES string of the molecule is NC(=O)C1C2C=CC(C2)C1Nc1nc(Cc2ccc3c(c2)OCCCO3)nc2ccsc12. The fourth-order valence-electron chi connectivity index (χ4n) is 5.15. The van der Waals surface area contributed by atoms with Gasteiger partial charge in [0.2, 0.25) is 5.91 Å². The maximum Gasteiger partial charge on any atom is 0.223 e. The van der Waals surface area contributed by atoms with Crippen LogP contribution in [0.15, 0.2) is 41.8 Å². The fourth-order valence-corrected chi connectivity index (χ4v) is 5.94. The zero-order valence-corrected chi connectivity index (χ0v) is 18.3. The summed E-state index contributed by atoms with van der Waals surface area (Å²) in [5.41, 5.74) is 7.73. The van der Waals surface area contributed by atoms with Crippen molar-refractivity contribution >= 4 is 33.3 Å². The Morgan fingerprint density at radius 1 is 1.12 bits per heavy atom. The first-order valence-electron chi connectivity index (χ1n) is 11.0. The number of aromatic nitrogens is 2. The first kappa shape index (κ1) is 19.5. The molecule has 4 atom stereocenters. The van der Waals surface area contributed by atoms with Gasteiger partial charge in [0.05, 0.1) is 29.3 Å². The molecule has 164 valence electrons. The number of nitrogens with one attached hydrogen (secondary N) is 1. The van der Waals surface area contributed by atoms with Gasteiger partial charge < -0.3 is 20.5 Å². The highest BCUT2D eigenvalue weighted by molar-refractivity contribution is 7.17. The Kier molecular flexibility index (Phi) is 4.75. The van der Waals surface area contributed by atoms with Gasteiger partial charge in [-0.15, -0.1) is 11.3 Å². The fraction of sp³-hybridized carbons (Fsp3) is 0.375. The van der Waals surface area contributed by atoms with E-state index in [2.05, 4.69) is 17.5 Å². The minimum atomic E-state index is -0.247. The Hall–Kier alpha value is -3.13. The molecule has 0 saturated heterocycles. The third-order valence-corrected chi connectivity index (χ3v) is 7.53. The zero-order valence-electron chi connectivity index (χ0n) is 17.5. The third kappa shape index (κ3) is 3.39. The standard InChI is InChI=1S/C24H24N4O3S/c25-23(29)20-14-3-4-15(12-14)21(20)28-24-22-16(6-9-32-22)26-19(27-24)11-13-2-5-17-18(10-13)31-8-1-7-30-17/h2-6,9-10,14-15,20-21H,1,7-8,11-12H2,(H2,25,29)(H,26,27,28). The molecule has 3 aliphatic rings. The van der Waals surface area contributed by atoms with Crippen molar-refractivity contribution in [3.05, 3.63) is 53.2 Å². The summed E-state index contributed by atoms with van der Waals surface area (Å²) in [6.45, 7) is 1.32. The van der Waals surface area contributed by atoms with Crippen molar-refractivity contribution in [3.63, 3.8) is 0 Å². The first-order chi connectivity index (χ1) is 15.7. The van der Waals surface area contributed by atoms with Gasteiger partial charge in [-0.25, -0.2) is 9.97 Å². The number of fused-ring (bicyclic) bond motifs is 4. The number of nitrogens with zero attached hydrogens (tertiary/aromatic N) is 2. The number of hydrogen-bond acceptors (Lipinski definition) is 7. The van der Waals surface area contributed by atoms with Crippen LogP contribution in [0.5, 0.6) is 11.5 Å². The van der Waals surface area contributed by atoms with Crippen LogP contribution in [0.4, 0.5) is 5.82 Å². The van der Waals surface area contributed by atoms with Crippen LogP contribution in [0.25, 0.3) is 10.2 Å². The van der Waals surface area contributed by atoms with E-state index in [0.717, 1.165) is 51.8 Å². The van der Waals surface area contributed by atoms with Crippen LogP contribution in [0, 0.1) is 17.8 Å². The Balaban J connectivity index is 1.31. The van der Waals surface area contributed by atoms with Gasteiger partial charge in [0, 0.05) is 18.9 Å². The number of amides is 1. The molecule has 3 N–H and O–H groups in total. The van der Waals surface area contributed by atoms with Crippen molar-refractivity contribution in [1.29, 1.82) is 0 Å². The molecule has 4 unspecified atom stereocenters. The summed E-state index contributed by atoms with van der Waals surface area (Å²) in [4.78, 5) is 21.8. The van der Waals surface area contributed by atoms with Crippen LogP contribution in [0.3, 0.4) is 0 Å². The molecule has 7 nitrogen and oxygen atoms in total. The van der Waals surface area contributed by atoms with Crippen molar-refractivity contribution in [3.8, 4) is 11.5 Å². The summed E-state index contributed by atoms with van der Waals surface area (Å²) in [5, 5.41) is 5.60. The third-order valence-electron chi connectivity index (χ3n) is 6.62. The van der Waals surface area contributed by atoms with Crippen LogP contribution in [0.1, 0.15) is 24.2 Å². The van der Waals surface area contributed by atoms with E-state index in [9.17, 15) is 4.79 Å². The largest absolute Gasteiger partial charge is 0.490 e. The molecule has 0 radical (unpaired) electrons. The normalized spacial score (nSPS) is 25.8. The number of nitrogens with two attached hydrogens (primary N) is 1. The Morgan fingerprint density at radius 3 is 2.84 bits per heavy atom. The molecule has 6 rings (SSSR count). The molecule has 1 saturated carbocycles. The molecular formula is C24H24N4O3S. The predicted molar refractivity (Wildman–Crippen MR) is 123 cm³/mol. The summed E-state index contributed by atoms with van der Waals surface area (Å²) >= 11 is 1.60. The van der Waals surface area contributed by atoms with Crippen LogP contribution in [-0.4, -0.2) is 35.1 Å². The summed E-state index contributed by atoms with van der Waals surface area (Å²) in [7, 11) is 0. The van der Waals surface area contributed by atoms with Gasteiger partial charge >= 0.3 is 0 Å². The van der Waals surface area contributed by atoms with Crippen LogP contribution >= 0.6 is 11.3 Å².